The maximum absolute atomic E-state index is 12.0. The highest BCUT2D eigenvalue weighted by Crippen LogP contribution is 2.22. The molecule has 6 heteroatoms. The van der Waals surface area contributed by atoms with E-state index in [1.165, 1.54) is 16.3 Å². The lowest BCUT2D eigenvalue weighted by Gasteiger charge is -2.12. The maximum atomic E-state index is 12.0. The Kier molecular flexibility index (Phi) is 7.44. The van der Waals surface area contributed by atoms with Gasteiger partial charge in [0, 0.05) is 12.2 Å². The molecule has 0 saturated heterocycles. The second-order valence-corrected chi connectivity index (χ2v) is 7.35. The lowest BCUT2D eigenvalue weighted by molar-refractivity contribution is 0.0526. The molecule has 3 aromatic rings. The van der Waals surface area contributed by atoms with E-state index in [1.807, 2.05) is 0 Å². The molecule has 4 nitrogen and oxygen atoms in total. The zero-order chi connectivity index (χ0) is 20.6. The van der Waals surface area contributed by atoms with Gasteiger partial charge in [0.1, 0.15) is 0 Å². The first kappa shape index (κ1) is 21.1. The van der Waals surface area contributed by atoms with E-state index in [0.717, 1.165) is 19.4 Å². The standard InChI is InChI=1S/C23H23ClN2O2S/c1-2-28-22(27)20-15-18(12-13-21(20)24)26-23(29)25-14-6-10-17-9-5-8-16-7-3-4-11-19(16)17/h3-5,7-9,11-13,15H,2,6,10,14H2,1H3,(H2,25,26,29). The molecule has 0 atom stereocenters. The first-order valence-corrected chi connectivity index (χ1v) is 10.3. The molecule has 0 aliphatic heterocycles. The van der Waals surface area contributed by atoms with Crippen LogP contribution >= 0.6 is 23.8 Å². The zero-order valence-electron chi connectivity index (χ0n) is 16.2. The molecule has 0 unspecified atom stereocenters. The Morgan fingerprint density at radius 3 is 2.72 bits per heavy atom. The average molecular weight is 427 g/mol. The number of thiocarbonyl (C=S) groups is 1. The van der Waals surface area contributed by atoms with Crippen LogP contribution < -0.4 is 10.6 Å². The highest BCUT2D eigenvalue weighted by molar-refractivity contribution is 7.80. The van der Waals surface area contributed by atoms with Gasteiger partial charge in [0.15, 0.2) is 5.11 Å². The van der Waals surface area contributed by atoms with Crippen LogP contribution in [0.5, 0.6) is 0 Å². The maximum Gasteiger partial charge on any atom is 0.339 e. The Balaban J connectivity index is 1.51. The third-order valence-corrected chi connectivity index (χ3v) is 5.08. The highest BCUT2D eigenvalue weighted by atomic mass is 35.5. The van der Waals surface area contributed by atoms with E-state index in [1.54, 1.807) is 25.1 Å². The highest BCUT2D eigenvalue weighted by Gasteiger charge is 2.12. The molecule has 150 valence electrons. The first-order chi connectivity index (χ1) is 14.1. The number of esters is 1. The van der Waals surface area contributed by atoms with Crippen LogP contribution in [0.25, 0.3) is 10.8 Å². The van der Waals surface area contributed by atoms with Crippen molar-refractivity contribution in [3.63, 3.8) is 0 Å². The van der Waals surface area contributed by atoms with Crippen molar-refractivity contribution < 1.29 is 9.53 Å². The summed E-state index contributed by atoms with van der Waals surface area (Å²) in [6.07, 6.45) is 1.91. The number of aryl methyl sites for hydroxylation is 1. The van der Waals surface area contributed by atoms with Gasteiger partial charge in [-0.3, -0.25) is 0 Å². The minimum absolute atomic E-state index is 0.295. The van der Waals surface area contributed by atoms with Gasteiger partial charge in [-0.05, 0) is 66.5 Å². The number of ether oxygens (including phenoxy) is 1. The van der Waals surface area contributed by atoms with E-state index in [0.29, 0.717) is 28.0 Å². The first-order valence-electron chi connectivity index (χ1n) is 9.56. The molecule has 0 fully saturated rings. The predicted octanol–water partition coefficient (Wildman–Crippen LogP) is 5.59. The van der Waals surface area contributed by atoms with Crippen molar-refractivity contribution in [2.75, 3.05) is 18.5 Å². The van der Waals surface area contributed by atoms with Crippen molar-refractivity contribution >= 4 is 51.4 Å². The molecule has 0 aliphatic rings. The summed E-state index contributed by atoms with van der Waals surface area (Å²) in [5.41, 5.74) is 2.34. The van der Waals surface area contributed by atoms with E-state index in [9.17, 15) is 4.79 Å². The summed E-state index contributed by atoms with van der Waals surface area (Å²) in [5.74, 6) is -0.449. The van der Waals surface area contributed by atoms with E-state index in [4.69, 9.17) is 28.6 Å². The Labute approximate surface area is 181 Å². The van der Waals surface area contributed by atoms with Crippen LogP contribution in [0.1, 0.15) is 29.3 Å². The van der Waals surface area contributed by atoms with Gasteiger partial charge in [-0.1, -0.05) is 54.1 Å². The second-order valence-electron chi connectivity index (χ2n) is 6.54. The fourth-order valence-corrected chi connectivity index (χ4v) is 3.55. The Morgan fingerprint density at radius 1 is 1.10 bits per heavy atom. The molecule has 3 rings (SSSR count). The van der Waals surface area contributed by atoms with Crippen molar-refractivity contribution in [2.45, 2.75) is 19.8 Å². The van der Waals surface area contributed by atoms with Crippen molar-refractivity contribution in [3.05, 3.63) is 76.8 Å². The average Bonchev–Trinajstić information content (AvgIpc) is 2.73. The Hall–Kier alpha value is -2.63. The molecule has 0 bridgehead atoms. The second kappa shape index (κ2) is 10.2. The molecule has 3 aromatic carbocycles. The van der Waals surface area contributed by atoms with Crippen molar-refractivity contribution in [1.29, 1.82) is 0 Å². The zero-order valence-corrected chi connectivity index (χ0v) is 17.8. The number of benzene rings is 3. The number of nitrogens with one attached hydrogen (secondary N) is 2. The van der Waals surface area contributed by atoms with Crippen LogP contribution in [-0.2, 0) is 11.2 Å². The fraction of sp³-hybridized carbons (Fsp3) is 0.217. The number of carbonyl (C=O) groups excluding carboxylic acids is 1. The van der Waals surface area contributed by atoms with Gasteiger partial charge in [-0.25, -0.2) is 4.79 Å². The Morgan fingerprint density at radius 2 is 1.90 bits per heavy atom. The normalized spacial score (nSPS) is 10.6. The summed E-state index contributed by atoms with van der Waals surface area (Å²) >= 11 is 11.5. The number of carbonyl (C=O) groups is 1. The van der Waals surface area contributed by atoms with E-state index in [-0.39, 0.29) is 0 Å². The van der Waals surface area contributed by atoms with Gasteiger partial charge in [-0.2, -0.15) is 0 Å². The fourth-order valence-electron chi connectivity index (χ4n) is 3.13. The molecule has 0 aliphatic carbocycles. The van der Waals surface area contributed by atoms with Crippen LogP contribution in [0.4, 0.5) is 5.69 Å². The molecule has 29 heavy (non-hydrogen) atoms. The number of halogens is 1. The summed E-state index contributed by atoms with van der Waals surface area (Å²) in [5, 5.41) is 9.70. The number of anilines is 1. The number of rotatable bonds is 7. The van der Waals surface area contributed by atoms with Gasteiger partial charge in [0.2, 0.25) is 0 Å². The largest absolute Gasteiger partial charge is 0.462 e. The monoisotopic (exact) mass is 426 g/mol. The van der Waals surface area contributed by atoms with Crippen molar-refractivity contribution in [3.8, 4) is 0 Å². The molecule has 0 aromatic heterocycles. The summed E-state index contributed by atoms with van der Waals surface area (Å²) < 4.78 is 5.02. The third-order valence-electron chi connectivity index (χ3n) is 4.51. The quantitative estimate of drug-likeness (QED) is 0.293. The van der Waals surface area contributed by atoms with Crippen LogP contribution in [0.2, 0.25) is 5.02 Å². The van der Waals surface area contributed by atoms with Crippen LogP contribution in [-0.4, -0.2) is 24.2 Å². The SMILES string of the molecule is CCOC(=O)c1cc(NC(=S)NCCCc2cccc3ccccc23)ccc1Cl. The third kappa shape index (κ3) is 5.68. The molecular weight excluding hydrogens is 404 g/mol. The minimum Gasteiger partial charge on any atom is -0.462 e. The van der Waals surface area contributed by atoms with Crippen LogP contribution in [0, 0.1) is 0 Å². The lowest BCUT2D eigenvalue weighted by atomic mass is 10.0. The van der Waals surface area contributed by atoms with Crippen LogP contribution in [0.15, 0.2) is 60.7 Å². The molecule has 0 amide bonds. The summed E-state index contributed by atoms with van der Waals surface area (Å²) in [7, 11) is 0. The Bertz CT molecular complexity index is 1020. The number of hydrogen-bond acceptors (Lipinski definition) is 3. The van der Waals surface area contributed by atoms with E-state index in [2.05, 4.69) is 53.1 Å². The number of fused-ring (bicyclic) bond motifs is 1. The van der Waals surface area contributed by atoms with Gasteiger partial charge in [0.05, 0.1) is 17.2 Å². The molecule has 0 heterocycles. The van der Waals surface area contributed by atoms with Gasteiger partial charge in [-0.15, -0.1) is 0 Å². The molecule has 0 spiro atoms. The molecular formula is C23H23ClN2O2S. The topological polar surface area (TPSA) is 50.4 Å². The predicted molar refractivity (Wildman–Crippen MR) is 124 cm³/mol. The van der Waals surface area contributed by atoms with E-state index < -0.39 is 5.97 Å². The van der Waals surface area contributed by atoms with Crippen LogP contribution in [0.3, 0.4) is 0 Å². The van der Waals surface area contributed by atoms with Crippen molar-refractivity contribution in [1.82, 2.24) is 5.32 Å². The van der Waals surface area contributed by atoms with Gasteiger partial charge < -0.3 is 15.4 Å². The summed E-state index contributed by atoms with van der Waals surface area (Å²) in [6.45, 7) is 2.79. The van der Waals surface area contributed by atoms with Crippen molar-refractivity contribution in [2.24, 2.45) is 0 Å². The molecule has 0 saturated carbocycles. The smallest absolute Gasteiger partial charge is 0.339 e. The minimum atomic E-state index is -0.449. The van der Waals surface area contributed by atoms with Gasteiger partial charge in [0.25, 0.3) is 0 Å². The molecule has 0 radical (unpaired) electrons. The van der Waals surface area contributed by atoms with Gasteiger partial charge >= 0.3 is 5.97 Å². The van der Waals surface area contributed by atoms with E-state index >= 15 is 0 Å². The number of hydrogen-bond donors (Lipinski definition) is 2. The summed E-state index contributed by atoms with van der Waals surface area (Å²) in [4.78, 5) is 12.0. The summed E-state index contributed by atoms with van der Waals surface area (Å²) in [6, 6.07) is 19.9. The molecule has 2 N–H and O–H groups in total. The lowest BCUT2D eigenvalue weighted by Crippen LogP contribution is -2.29.